The van der Waals surface area contributed by atoms with Crippen LogP contribution in [0.25, 0.3) is 0 Å². The molecule has 1 aliphatic rings. The molecular formula is C15H20INO3. The smallest absolute Gasteiger partial charge is 0.407 e. The lowest BCUT2D eigenvalue weighted by Gasteiger charge is -2.24. The Labute approximate surface area is 132 Å². The van der Waals surface area contributed by atoms with Crippen molar-refractivity contribution in [3.8, 4) is 5.75 Å². The van der Waals surface area contributed by atoms with E-state index in [-0.39, 0.29) is 11.7 Å². The van der Waals surface area contributed by atoms with E-state index in [1.165, 1.54) is 10.5 Å². The number of aromatic hydroxyl groups is 1. The molecule has 20 heavy (non-hydrogen) atoms. The van der Waals surface area contributed by atoms with Gasteiger partial charge in [0.2, 0.25) is 0 Å². The number of hydrogen-bond donors (Lipinski definition) is 2. The SMILES string of the molecule is CC(C)CC1CN(C(=O)O)CCc2cc(O)c(I)cc21. The van der Waals surface area contributed by atoms with Crippen LogP contribution in [0.3, 0.4) is 0 Å². The number of carbonyl (C=O) groups is 1. The topological polar surface area (TPSA) is 60.8 Å². The number of rotatable bonds is 2. The van der Waals surface area contributed by atoms with Crippen molar-refractivity contribution >= 4 is 28.7 Å². The van der Waals surface area contributed by atoms with Crippen molar-refractivity contribution < 1.29 is 15.0 Å². The predicted molar refractivity (Wildman–Crippen MR) is 86.3 cm³/mol. The molecule has 1 aromatic carbocycles. The van der Waals surface area contributed by atoms with Crippen molar-refractivity contribution in [3.05, 3.63) is 26.8 Å². The third-order valence-corrected chi connectivity index (χ3v) is 4.63. The van der Waals surface area contributed by atoms with Crippen LogP contribution in [-0.4, -0.2) is 34.3 Å². The van der Waals surface area contributed by atoms with Crippen molar-refractivity contribution in [2.75, 3.05) is 13.1 Å². The van der Waals surface area contributed by atoms with Crippen LogP contribution in [0.15, 0.2) is 12.1 Å². The van der Waals surface area contributed by atoms with E-state index in [9.17, 15) is 15.0 Å². The van der Waals surface area contributed by atoms with Crippen LogP contribution in [-0.2, 0) is 6.42 Å². The van der Waals surface area contributed by atoms with Crippen molar-refractivity contribution in [2.24, 2.45) is 5.92 Å². The van der Waals surface area contributed by atoms with E-state index in [0.717, 1.165) is 15.6 Å². The summed E-state index contributed by atoms with van der Waals surface area (Å²) in [7, 11) is 0. The highest BCUT2D eigenvalue weighted by molar-refractivity contribution is 14.1. The molecule has 1 aliphatic heterocycles. The fourth-order valence-electron chi connectivity index (χ4n) is 2.87. The summed E-state index contributed by atoms with van der Waals surface area (Å²) in [5.41, 5.74) is 2.28. The first-order chi connectivity index (χ1) is 9.38. The number of nitrogens with zero attached hydrogens (tertiary/aromatic N) is 1. The first kappa shape index (κ1) is 15.4. The zero-order valence-corrected chi connectivity index (χ0v) is 13.9. The predicted octanol–water partition coefficient (Wildman–Crippen LogP) is 3.66. The summed E-state index contributed by atoms with van der Waals surface area (Å²) in [5, 5.41) is 19.2. The van der Waals surface area contributed by atoms with Gasteiger partial charge in [-0.3, -0.25) is 0 Å². The molecule has 2 rings (SSSR count). The summed E-state index contributed by atoms with van der Waals surface area (Å²) in [6.45, 7) is 5.35. The lowest BCUT2D eigenvalue weighted by molar-refractivity contribution is 0.142. The molecule has 0 saturated carbocycles. The first-order valence-electron chi connectivity index (χ1n) is 6.87. The normalized spacial score (nSPS) is 18.8. The minimum Gasteiger partial charge on any atom is -0.507 e. The molecule has 0 radical (unpaired) electrons. The summed E-state index contributed by atoms with van der Waals surface area (Å²) < 4.78 is 0.832. The van der Waals surface area contributed by atoms with Gasteiger partial charge in [0, 0.05) is 19.0 Å². The van der Waals surface area contributed by atoms with Crippen LogP contribution < -0.4 is 0 Å². The van der Waals surface area contributed by atoms with Crippen LogP contribution >= 0.6 is 22.6 Å². The largest absolute Gasteiger partial charge is 0.507 e. The highest BCUT2D eigenvalue weighted by Gasteiger charge is 2.27. The Hall–Kier alpha value is -0.980. The maximum atomic E-state index is 11.3. The van der Waals surface area contributed by atoms with Crippen molar-refractivity contribution in [2.45, 2.75) is 32.6 Å². The zero-order chi connectivity index (χ0) is 14.9. The second-order valence-corrected chi connectivity index (χ2v) is 6.97. The number of hydrogen-bond acceptors (Lipinski definition) is 2. The van der Waals surface area contributed by atoms with Gasteiger partial charge >= 0.3 is 6.09 Å². The van der Waals surface area contributed by atoms with E-state index < -0.39 is 6.09 Å². The highest BCUT2D eigenvalue weighted by Crippen LogP contribution is 2.35. The van der Waals surface area contributed by atoms with Gasteiger partial charge < -0.3 is 15.1 Å². The summed E-state index contributed by atoms with van der Waals surface area (Å²) in [6.07, 6.45) is 0.767. The Balaban J connectivity index is 2.40. The van der Waals surface area contributed by atoms with Crippen molar-refractivity contribution in [1.82, 2.24) is 4.90 Å². The molecule has 1 atom stereocenters. The molecule has 0 fully saturated rings. The van der Waals surface area contributed by atoms with Gasteiger partial charge in [-0.2, -0.15) is 0 Å². The summed E-state index contributed by atoms with van der Waals surface area (Å²) in [6, 6.07) is 3.82. The molecule has 4 nitrogen and oxygen atoms in total. The number of fused-ring (bicyclic) bond motifs is 1. The Kier molecular flexibility index (Phi) is 4.78. The number of carboxylic acid groups (broad SMARTS) is 1. The molecular weight excluding hydrogens is 369 g/mol. The van der Waals surface area contributed by atoms with Crippen LogP contribution in [0.4, 0.5) is 4.79 Å². The monoisotopic (exact) mass is 389 g/mol. The molecule has 0 bridgehead atoms. The number of halogens is 1. The van der Waals surface area contributed by atoms with E-state index in [2.05, 4.69) is 36.4 Å². The average molecular weight is 389 g/mol. The molecule has 1 aromatic rings. The van der Waals surface area contributed by atoms with Crippen LogP contribution in [0.5, 0.6) is 5.75 Å². The average Bonchev–Trinajstić information content (AvgIpc) is 2.50. The highest BCUT2D eigenvalue weighted by atomic mass is 127. The fourth-order valence-corrected chi connectivity index (χ4v) is 3.36. The third kappa shape index (κ3) is 3.37. The Morgan fingerprint density at radius 2 is 2.20 bits per heavy atom. The summed E-state index contributed by atoms with van der Waals surface area (Å²) in [5.74, 6) is 1.00. The van der Waals surface area contributed by atoms with Gasteiger partial charge in [-0.15, -0.1) is 0 Å². The maximum Gasteiger partial charge on any atom is 0.407 e. The van der Waals surface area contributed by atoms with E-state index in [4.69, 9.17) is 0 Å². The van der Waals surface area contributed by atoms with E-state index in [1.54, 1.807) is 6.07 Å². The minimum atomic E-state index is -0.856. The van der Waals surface area contributed by atoms with E-state index in [1.807, 2.05) is 6.07 Å². The molecule has 0 saturated heterocycles. The quantitative estimate of drug-likeness (QED) is 0.759. The first-order valence-corrected chi connectivity index (χ1v) is 7.95. The fraction of sp³-hybridized carbons (Fsp3) is 0.533. The van der Waals surface area contributed by atoms with Gasteiger partial charge in [0.25, 0.3) is 0 Å². The van der Waals surface area contributed by atoms with Gasteiger partial charge in [0.15, 0.2) is 0 Å². The molecule has 0 aromatic heterocycles. The van der Waals surface area contributed by atoms with Gasteiger partial charge in [0.05, 0.1) is 3.57 Å². The van der Waals surface area contributed by atoms with Crippen LogP contribution in [0, 0.1) is 9.49 Å². The third-order valence-electron chi connectivity index (χ3n) is 3.77. The molecule has 1 heterocycles. The van der Waals surface area contributed by atoms with Crippen LogP contribution in [0.1, 0.15) is 37.3 Å². The molecule has 1 unspecified atom stereocenters. The molecule has 0 spiro atoms. The van der Waals surface area contributed by atoms with Gasteiger partial charge in [0.1, 0.15) is 5.75 Å². The van der Waals surface area contributed by atoms with Gasteiger partial charge in [-0.05, 0) is 64.6 Å². The molecule has 5 heteroatoms. The second-order valence-electron chi connectivity index (χ2n) is 5.81. The minimum absolute atomic E-state index is 0.206. The Morgan fingerprint density at radius 1 is 1.50 bits per heavy atom. The number of benzene rings is 1. The molecule has 1 amide bonds. The lowest BCUT2D eigenvalue weighted by atomic mass is 9.87. The van der Waals surface area contributed by atoms with Gasteiger partial charge in [-0.25, -0.2) is 4.79 Å². The lowest BCUT2D eigenvalue weighted by Crippen LogP contribution is -2.33. The summed E-state index contributed by atoms with van der Waals surface area (Å²) in [4.78, 5) is 12.8. The van der Waals surface area contributed by atoms with Crippen LogP contribution in [0.2, 0.25) is 0 Å². The second kappa shape index (κ2) is 6.20. The maximum absolute atomic E-state index is 11.3. The van der Waals surface area contributed by atoms with Gasteiger partial charge in [-0.1, -0.05) is 13.8 Å². The number of amides is 1. The standard InChI is InChI=1S/C15H20INO3/c1-9(2)5-11-8-17(15(19)20)4-3-10-6-14(18)13(16)7-12(10)11/h6-7,9,11,18H,3-5,8H2,1-2H3,(H,19,20). The van der Waals surface area contributed by atoms with Crippen molar-refractivity contribution in [3.63, 3.8) is 0 Å². The van der Waals surface area contributed by atoms with E-state index >= 15 is 0 Å². The Morgan fingerprint density at radius 3 is 2.80 bits per heavy atom. The number of phenols is 1. The van der Waals surface area contributed by atoms with Crippen molar-refractivity contribution in [1.29, 1.82) is 0 Å². The molecule has 0 aliphatic carbocycles. The summed E-state index contributed by atoms with van der Waals surface area (Å²) >= 11 is 2.13. The Bertz CT molecular complexity index is 516. The zero-order valence-electron chi connectivity index (χ0n) is 11.8. The van der Waals surface area contributed by atoms with E-state index in [0.29, 0.717) is 25.4 Å². The molecule has 2 N–H and O–H groups in total. The molecule has 110 valence electrons. The number of phenolic OH excluding ortho intramolecular Hbond substituents is 1.